The number of ether oxygens (including phenoxy) is 1. The zero-order valence-corrected chi connectivity index (χ0v) is 9.36. The standard InChI is InChI=1S/C10H17N3O2/c1-4-5-11-10(14)15-9-6-12-13(7-9)8(2)3/h6-8H,4-5H2,1-3H3,(H,11,14). The van der Waals surface area contributed by atoms with Gasteiger partial charge < -0.3 is 10.1 Å². The molecule has 0 bridgehead atoms. The van der Waals surface area contributed by atoms with E-state index < -0.39 is 6.09 Å². The highest BCUT2D eigenvalue weighted by Crippen LogP contribution is 2.12. The maximum absolute atomic E-state index is 11.2. The maximum atomic E-state index is 11.2. The number of hydrogen-bond acceptors (Lipinski definition) is 3. The molecule has 0 saturated carbocycles. The molecule has 1 aromatic rings. The van der Waals surface area contributed by atoms with E-state index in [1.54, 1.807) is 10.9 Å². The smallest absolute Gasteiger partial charge is 0.407 e. The fourth-order valence-electron chi connectivity index (χ4n) is 1.03. The summed E-state index contributed by atoms with van der Waals surface area (Å²) in [5.41, 5.74) is 0. The summed E-state index contributed by atoms with van der Waals surface area (Å²) < 4.78 is 6.75. The van der Waals surface area contributed by atoms with Crippen LogP contribution in [0.3, 0.4) is 0 Å². The van der Waals surface area contributed by atoms with Gasteiger partial charge in [0, 0.05) is 12.6 Å². The lowest BCUT2D eigenvalue weighted by Crippen LogP contribution is -2.27. The van der Waals surface area contributed by atoms with E-state index in [0.29, 0.717) is 12.3 Å². The molecule has 84 valence electrons. The number of carbonyl (C=O) groups excluding carboxylic acids is 1. The number of nitrogens with zero attached hydrogens (tertiary/aromatic N) is 2. The number of carbonyl (C=O) groups is 1. The third-order valence-electron chi connectivity index (χ3n) is 1.84. The van der Waals surface area contributed by atoms with E-state index in [-0.39, 0.29) is 6.04 Å². The van der Waals surface area contributed by atoms with Gasteiger partial charge in [-0.25, -0.2) is 4.79 Å². The van der Waals surface area contributed by atoms with Crippen molar-refractivity contribution in [2.75, 3.05) is 6.54 Å². The van der Waals surface area contributed by atoms with Gasteiger partial charge in [-0.05, 0) is 20.3 Å². The second kappa shape index (κ2) is 5.38. The van der Waals surface area contributed by atoms with Gasteiger partial charge in [-0.3, -0.25) is 4.68 Å². The van der Waals surface area contributed by atoms with E-state index in [2.05, 4.69) is 10.4 Å². The van der Waals surface area contributed by atoms with Crippen LogP contribution in [0.2, 0.25) is 0 Å². The lowest BCUT2D eigenvalue weighted by atomic mass is 10.4. The quantitative estimate of drug-likeness (QED) is 0.828. The van der Waals surface area contributed by atoms with E-state index in [4.69, 9.17) is 4.74 Å². The Morgan fingerprint density at radius 2 is 2.40 bits per heavy atom. The fourth-order valence-corrected chi connectivity index (χ4v) is 1.03. The van der Waals surface area contributed by atoms with Crippen molar-refractivity contribution >= 4 is 6.09 Å². The summed E-state index contributed by atoms with van der Waals surface area (Å²) in [5, 5.41) is 6.68. The van der Waals surface area contributed by atoms with Crippen LogP contribution in [0.1, 0.15) is 33.2 Å². The van der Waals surface area contributed by atoms with E-state index in [0.717, 1.165) is 6.42 Å². The molecule has 1 heterocycles. The zero-order valence-electron chi connectivity index (χ0n) is 9.36. The number of aromatic nitrogens is 2. The number of rotatable bonds is 4. The van der Waals surface area contributed by atoms with Gasteiger partial charge in [-0.15, -0.1) is 0 Å². The first-order valence-electron chi connectivity index (χ1n) is 5.13. The molecule has 0 spiro atoms. The molecule has 0 unspecified atom stereocenters. The number of amides is 1. The third kappa shape index (κ3) is 3.61. The maximum Gasteiger partial charge on any atom is 0.412 e. The molecule has 5 nitrogen and oxygen atoms in total. The Morgan fingerprint density at radius 1 is 1.67 bits per heavy atom. The lowest BCUT2D eigenvalue weighted by Gasteiger charge is -2.04. The summed E-state index contributed by atoms with van der Waals surface area (Å²) in [5.74, 6) is 0.470. The third-order valence-corrected chi connectivity index (χ3v) is 1.84. The van der Waals surface area contributed by atoms with Gasteiger partial charge in [-0.2, -0.15) is 5.10 Å². The summed E-state index contributed by atoms with van der Waals surface area (Å²) in [6.45, 7) is 6.62. The molecule has 0 atom stereocenters. The molecule has 0 fully saturated rings. The average molecular weight is 211 g/mol. The number of hydrogen-bond donors (Lipinski definition) is 1. The highest BCUT2D eigenvalue weighted by molar-refractivity contribution is 5.69. The Bertz CT molecular complexity index is 320. The van der Waals surface area contributed by atoms with Crippen LogP contribution in [0.25, 0.3) is 0 Å². The molecule has 15 heavy (non-hydrogen) atoms. The van der Waals surface area contributed by atoms with E-state index in [9.17, 15) is 4.79 Å². The predicted molar refractivity (Wildman–Crippen MR) is 56.9 cm³/mol. The minimum atomic E-state index is -0.430. The van der Waals surface area contributed by atoms with Crippen molar-refractivity contribution < 1.29 is 9.53 Å². The van der Waals surface area contributed by atoms with Crippen molar-refractivity contribution in [3.05, 3.63) is 12.4 Å². The molecule has 0 aromatic carbocycles. The Kier molecular flexibility index (Phi) is 4.15. The highest BCUT2D eigenvalue weighted by Gasteiger charge is 2.06. The molecular formula is C10H17N3O2. The van der Waals surface area contributed by atoms with Crippen molar-refractivity contribution in [3.63, 3.8) is 0 Å². The van der Waals surface area contributed by atoms with Gasteiger partial charge in [0.2, 0.25) is 0 Å². The topological polar surface area (TPSA) is 56.1 Å². The molecular weight excluding hydrogens is 194 g/mol. The van der Waals surface area contributed by atoms with Crippen molar-refractivity contribution in [2.45, 2.75) is 33.2 Å². The predicted octanol–water partition coefficient (Wildman–Crippen LogP) is 1.96. The minimum absolute atomic E-state index is 0.265. The summed E-state index contributed by atoms with van der Waals surface area (Å²) in [6.07, 6.45) is 3.70. The van der Waals surface area contributed by atoms with Crippen LogP contribution in [-0.4, -0.2) is 22.4 Å². The highest BCUT2D eigenvalue weighted by atomic mass is 16.6. The van der Waals surface area contributed by atoms with Gasteiger partial charge >= 0.3 is 6.09 Å². The van der Waals surface area contributed by atoms with Crippen molar-refractivity contribution in [3.8, 4) is 5.75 Å². The van der Waals surface area contributed by atoms with E-state index in [1.807, 2.05) is 20.8 Å². The van der Waals surface area contributed by atoms with Crippen molar-refractivity contribution in [2.24, 2.45) is 0 Å². The van der Waals surface area contributed by atoms with Crippen LogP contribution in [0.5, 0.6) is 5.75 Å². The molecule has 1 N–H and O–H groups in total. The SMILES string of the molecule is CCCNC(=O)Oc1cnn(C(C)C)c1. The monoisotopic (exact) mass is 211 g/mol. The van der Waals surface area contributed by atoms with Gasteiger partial charge in [-0.1, -0.05) is 6.92 Å². The van der Waals surface area contributed by atoms with Crippen LogP contribution < -0.4 is 10.1 Å². The second-order valence-corrected chi connectivity index (χ2v) is 3.57. The zero-order chi connectivity index (χ0) is 11.3. The molecule has 5 heteroatoms. The van der Waals surface area contributed by atoms with Gasteiger partial charge in [0.15, 0.2) is 5.75 Å². The van der Waals surface area contributed by atoms with Crippen molar-refractivity contribution in [1.82, 2.24) is 15.1 Å². The molecule has 1 amide bonds. The summed E-state index contributed by atoms with van der Waals surface area (Å²) in [4.78, 5) is 11.2. The minimum Gasteiger partial charge on any atom is -0.407 e. The summed E-state index contributed by atoms with van der Waals surface area (Å²) >= 11 is 0. The first kappa shape index (κ1) is 11.6. The first-order valence-corrected chi connectivity index (χ1v) is 5.13. The molecule has 1 rings (SSSR count). The van der Waals surface area contributed by atoms with Crippen LogP contribution in [0, 0.1) is 0 Å². The molecule has 0 aliphatic heterocycles. The summed E-state index contributed by atoms with van der Waals surface area (Å²) in [7, 11) is 0. The summed E-state index contributed by atoms with van der Waals surface area (Å²) in [6, 6.07) is 0.265. The molecule has 0 aliphatic carbocycles. The average Bonchev–Trinajstić information content (AvgIpc) is 2.63. The first-order chi connectivity index (χ1) is 7.13. The molecule has 0 radical (unpaired) electrons. The van der Waals surface area contributed by atoms with Gasteiger partial charge in [0.25, 0.3) is 0 Å². The van der Waals surface area contributed by atoms with Crippen molar-refractivity contribution in [1.29, 1.82) is 0 Å². The van der Waals surface area contributed by atoms with Crippen LogP contribution in [0.4, 0.5) is 4.79 Å². The Hall–Kier alpha value is -1.52. The van der Waals surface area contributed by atoms with Gasteiger partial charge in [0.05, 0.1) is 12.4 Å². The molecule has 0 aliphatic rings. The van der Waals surface area contributed by atoms with E-state index in [1.165, 1.54) is 6.20 Å². The van der Waals surface area contributed by atoms with E-state index >= 15 is 0 Å². The Labute approximate surface area is 89.4 Å². The Morgan fingerprint density at radius 3 is 2.93 bits per heavy atom. The number of nitrogens with one attached hydrogen (secondary N) is 1. The largest absolute Gasteiger partial charge is 0.412 e. The fraction of sp³-hybridized carbons (Fsp3) is 0.600. The lowest BCUT2D eigenvalue weighted by molar-refractivity contribution is 0.200. The molecule has 1 aromatic heterocycles. The van der Waals surface area contributed by atoms with Crippen LogP contribution in [-0.2, 0) is 0 Å². The van der Waals surface area contributed by atoms with Crippen LogP contribution >= 0.6 is 0 Å². The second-order valence-electron chi connectivity index (χ2n) is 3.57. The molecule has 0 saturated heterocycles. The van der Waals surface area contributed by atoms with Crippen LogP contribution in [0.15, 0.2) is 12.4 Å². The normalized spacial score (nSPS) is 10.4. The Balaban J connectivity index is 2.46. The van der Waals surface area contributed by atoms with Gasteiger partial charge in [0.1, 0.15) is 0 Å².